The van der Waals surface area contributed by atoms with Crippen molar-refractivity contribution in [3.63, 3.8) is 0 Å². The van der Waals surface area contributed by atoms with Gasteiger partial charge in [-0.25, -0.2) is 0 Å². The Hall–Kier alpha value is -2.52. The average molecular weight is 458 g/mol. The van der Waals surface area contributed by atoms with Crippen LogP contribution >= 0.6 is 23.1 Å². The van der Waals surface area contributed by atoms with E-state index < -0.39 is 5.25 Å². The number of fused-ring (bicyclic) bond motifs is 2. The third kappa shape index (κ3) is 4.43. The second kappa shape index (κ2) is 8.55. The number of carbonyl (C=O) groups excluding carboxylic acids is 1. The maximum Gasteiger partial charge on any atom is 0.277 e. The lowest BCUT2D eigenvalue weighted by molar-refractivity contribution is -0.115. The highest BCUT2D eigenvalue weighted by molar-refractivity contribution is 8.00. The van der Waals surface area contributed by atoms with E-state index in [1.807, 2.05) is 6.92 Å². The number of thiophene rings is 1. The van der Waals surface area contributed by atoms with Crippen molar-refractivity contribution in [3.05, 3.63) is 34.7 Å². The van der Waals surface area contributed by atoms with Gasteiger partial charge in [-0.1, -0.05) is 18.7 Å². The molecule has 0 saturated heterocycles. The molecule has 0 fully saturated rings. The van der Waals surface area contributed by atoms with Crippen LogP contribution in [-0.2, 0) is 17.6 Å². The number of aromatic nitrogens is 2. The number of carbonyl (C=O) groups is 1. The van der Waals surface area contributed by atoms with E-state index in [2.05, 4.69) is 28.5 Å². The SMILES string of the molecule is C[C@H]1CCc2sc(-c3nnc(S[C@H](C)C(=O)Nc4ccc5c(c4)OCCO5)o3)cc2C1. The van der Waals surface area contributed by atoms with E-state index in [-0.39, 0.29) is 5.91 Å². The van der Waals surface area contributed by atoms with E-state index in [0.717, 1.165) is 23.6 Å². The molecule has 0 radical (unpaired) electrons. The predicted molar refractivity (Wildman–Crippen MR) is 120 cm³/mol. The van der Waals surface area contributed by atoms with Crippen LogP contribution in [-0.4, -0.2) is 34.6 Å². The number of ether oxygens (including phenoxy) is 2. The van der Waals surface area contributed by atoms with Crippen molar-refractivity contribution in [2.45, 2.75) is 43.6 Å². The van der Waals surface area contributed by atoms with E-state index >= 15 is 0 Å². The van der Waals surface area contributed by atoms with Crippen molar-refractivity contribution in [1.29, 1.82) is 0 Å². The molecule has 162 valence electrons. The standard InChI is InChI=1S/C22H23N3O4S2/c1-12-3-6-18-14(9-12)10-19(31-18)21-24-25-22(29-21)30-13(2)20(26)23-15-4-5-16-17(11-15)28-8-7-27-16/h4-5,10-13H,3,6-9H2,1-2H3,(H,23,26)/t12-,13+/m0/s1. The van der Waals surface area contributed by atoms with Crippen molar-refractivity contribution < 1.29 is 18.7 Å². The third-order valence-corrected chi connectivity index (χ3v) is 7.56. The fourth-order valence-corrected chi connectivity index (χ4v) is 5.55. The molecule has 9 heteroatoms. The summed E-state index contributed by atoms with van der Waals surface area (Å²) in [6.45, 7) is 5.14. The van der Waals surface area contributed by atoms with E-state index in [9.17, 15) is 4.79 Å². The van der Waals surface area contributed by atoms with Crippen molar-refractivity contribution in [2.75, 3.05) is 18.5 Å². The van der Waals surface area contributed by atoms with Gasteiger partial charge in [0.1, 0.15) is 13.2 Å². The van der Waals surface area contributed by atoms with Gasteiger partial charge in [0, 0.05) is 16.6 Å². The number of benzene rings is 1. The maximum atomic E-state index is 12.6. The number of aryl methyl sites for hydroxylation is 1. The summed E-state index contributed by atoms with van der Waals surface area (Å²) in [5.74, 6) is 2.42. The molecule has 5 rings (SSSR count). The summed E-state index contributed by atoms with van der Waals surface area (Å²) in [5.41, 5.74) is 2.06. The number of nitrogens with one attached hydrogen (secondary N) is 1. The van der Waals surface area contributed by atoms with Crippen LogP contribution < -0.4 is 14.8 Å². The van der Waals surface area contributed by atoms with Gasteiger partial charge in [-0.05, 0) is 55.9 Å². The lowest BCUT2D eigenvalue weighted by Gasteiger charge is -2.19. The number of amides is 1. The maximum absolute atomic E-state index is 12.6. The normalized spacial score (nSPS) is 18.3. The summed E-state index contributed by atoms with van der Waals surface area (Å²) in [4.78, 5) is 15.1. The summed E-state index contributed by atoms with van der Waals surface area (Å²) in [6.07, 6.45) is 3.46. The van der Waals surface area contributed by atoms with E-state index in [1.165, 1.54) is 28.6 Å². The Balaban J connectivity index is 1.22. The Labute approximate surface area is 188 Å². The first-order valence-corrected chi connectivity index (χ1v) is 12.1. The van der Waals surface area contributed by atoms with Crippen molar-refractivity contribution in [2.24, 2.45) is 5.92 Å². The molecular formula is C22H23N3O4S2. The van der Waals surface area contributed by atoms with Crippen LogP contribution in [0.25, 0.3) is 10.8 Å². The molecule has 0 saturated carbocycles. The largest absolute Gasteiger partial charge is 0.486 e. The molecule has 3 aromatic rings. The van der Waals surface area contributed by atoms with Crippen LogP contribution in [0.15, 0.2) is 33.9 Å². The predicted octanol–water partition coefficient (Wildman–Crippen LogP) is 4.81. The molecule has 0 spiro atoms. The van der Waals surface area contributed by atoms with Gasteiger partial charge in [-0.15, -0.1) is 21.5 Å². The molecule has 1 amide bonds. The van der Waals surface area contributed by atoms with Crippen LogP contribution in [0.4, 0.5) is 5.69 Å². The molecule has 1 aromatic carbocycles. The number of rotatable bonds is 5. The number of anilines is 1. The van der Waals surface area contributed by atoms with Crippen molar-refractivity contribution >= 4 is 34.7 Å². The van der Waals surface area contributed by atoms with Gasteiger partial charge >= 0.3 is 0 Å². The number of hydrogen-bond donors (Lipinski definition) is 1. The molecule has 1 aliphatic carbocycles. The Kier molecular flexibility index (Phi) is 5.62. The molecule has 2 aromatic heterocycles. The molecule has 0 bridgehead atoms. The minimum absolute atomic E-state index is 0.151. The molecule has 1 aliphatic heterocycles. The summed E-state index contributed by atoms with van der Waals surface area (Å²) in [5, 5.41) is 11.2. The zero-order chi connectivity index (χ0) is 21.4. The van der Waals surface area contributed by atoms with Gasteiger partial charge in [0.15, 0.2) is 11.5 Å². The zero-order valence-corrected chi connectivity index (χ0v) is 19.0. The van der Waals surface area contributed by atoms with Gasteiger partial charge in [-0.2, -0.15) is 0 Å². The summed E-state index contributed by atoms with van der Waals surface area (Å²) in [7, 11) is 0. The summed E-state index contributed by atoms with van der Waals surface area (Å²) in [6, 6.07) is 7.55. The first-order chi connectivity index (χ1) is 15.0. The topological polar surface area (TPSA) is 86.5 Å². The second-order valence-corrected chi connectivity index (χ2v) is 10.3. The summed E-state index contributed by atoms with van der Waals surface area (Å²) < 4.78 is 16.9. The quantitative estimate of drug-likeness (QED) is 0.550. The third-order valence-electron chi connectivity index (χ3n) is 5.40. The first kappa shape index (κ1) is 20.4. The van der Waals surface area contributed by atoms with E-state index in [4.69, 9.17) is 13.9 Å². The second-order valence-electron chi connectivity index (χ2n) is 7.89. The van der Waals surface area contributed by atoms with Gasteiger partial charge in [0.05, 0.1) is 10.1 Å². The van der Waals surface area contributed by atoms with Crippen LogP contribution in [0.3, 0.4) is 0 Å². The van der Waals surface area contributed by atoms with Crippen molar-refractivity contribution in [3.8, 4) is 22.3 Å². The molecule has 3 heterocycles. The number of nitrogens with zero attached hydrogens (tertiary/aromatic N) is 2. The van der Waals surface area contributed by atoms with E-state index in [1.54, 1.807) is 29.5 Å². The monoisotopic (exact) mass is 457 g/mol. The molecule has 1 N–H and O–H groups in total. The Morgan fingerprint density at radius 2 is 2.06 bits per heavy atom. The Morgan fingerprint density at radius 3 is 2.94 bits per heavy atom. The molecule has 31 heavy (non-hydrogen) atoms. The highest BCUT2D eigenvalue weighted by Crippen LogP contribution is 2.38. The average Bonchev–Trinajstić information content (AvgIpc) is 3.40. The van der Waals surface area contributed by atoms with Gasteiger partial charge in [-0.3, -0.25) is 4.79 Å². The van der Waals surface area contributed by atoms with E-state index in [0.29, 0.717) is 41.5 Å². The van der Waals surface area contributed by atoms with Crippen LogP contribution in [0.2, 0.25) is 0 Å². The fourth-order valence-electron chi connectivity index (χ4n) is 3.74. The first-order valence-electron chi connectivity index (χ1n) is 10.4. The van der Waals surface area contributed by atoms with Crippen LogP contribution in [0.1, 0.15) is 30.7 Å². The van der Waals surface area contributed by atoms with Gasteiger partial charge in [0.25, 0.3) is 11.1 Å². The van der Waals surface area contributed by atoms with Gasteiger partial charge in [0.2, 0.25) is 5.91 Å². The minimum Gasteiger partial charge on any atom is -0.486 e. The lowest BCUT2D eigenvalue weighted by atomic mass is 9.90. The van der Waals surface area contributed by atoms with Crippen molar-refractivity contribution in [1.82, 2.24) is 10.2 Å². The van der Waals surface area contributed by atoms with Crippen LogP contribution in [0.5, 0.6) is 11.5 Å². The Morgan fingerprint density at radius 1 is 1.23 bits per heavy atom. The zero-order valence-electron chi connectivity index (χ0n) is 17.3. The molecule has 7 nitrogen and oxygen atoms in total. The smallest absolute Gasteiger partial charge is 0.277 e. The Bertz CT molecular complexity index is 1110. The minimum atomic E-state index is -0.404. The lowest BCUT2D eigenvalue weighted by Crippen LogP contribution is -2.22. The molecule has 0 unspecified atom stereocenters. The summed E-state index contributed by atoms with van der Waals surface area (Å²) >= 11 is 2.98. The molecule has 2 atom stereocenters. The number of thioether (sulfide) groups is 1. The highest BCUT2D eigenvalue weighted by Gasteiger charge is 2.23. The molecule has 2 aliphatic rings. The van der Waals surface area contributed by atoms with Crippen LogP contribution in [0, 0.1) is 5.92 Å². The highest BCUT2D eigenvalue weighted by atomic mass is 32.2. The molecular weight excluding hydrogens is 434 g/mol. The number of hydrogen-bond acceptors (Lipinski definition) is 8. The fraction of sp³-hybridized carbons (Fsp3) is 0.409. The van der Waals surface area contributed by atoms with Gasteiger partial charge < -0.3 is 19.2 Å².